The summed E-state index contributed by atoms with van der Waals surface area (Å²) in [5.74, 6) is 0. The van der Waals surface area contributed by atoms with Crippen LogP contribution >= 0.6 is 19.7 Å². The van der Waals surface area contributed by atoms with Crippen molar-refractivity contribution in [1.82, 2.24) is 4.90 Å². The van der Waals surface area contributed by atoms with E-state index in [-0.39, 0.29) is 8.15 Å². The van der Waals surface area contributed by atoms with Gasteiger partial charge in [0.2, 0.25) is 0 Å². The summed E-state index contributed by atoms with van der Waals surface area (Å²) in [6.45, 7) is 10.5. The lowest BCUT2D eigenvalue weighted by atomic mass is 10.4. The van der Waals surface area contributed by atoms with E-state index >= 15 is 0 Å². The van der Waals surface area contributed by atoms with Crippen molar-refractivity contribution in [2.45, 2.75) is 45.4 Å². The Hall–Kier alpha value is 0.380. The van der Waals surface area contributed by atoms with Gasteiger partial charge in [0.05, 0.1) is 6.61 Å². The van der Waals surface area contributed by atoms with Gasteiger partial charge in [-0.2, -0.15) is 0 Å². The van der Waals surface area contributed by atoms with Gasteiger partial charge in [-0.3, -0.25) is 0 Å². The summed E-state index contributed by atoms with van der Waals surface area (Å²) in [4.78, 5) is 2.06. The first-order valence-corrected chi connectivity index (χ1v) is 8.02. The Labute approximate surface area is 113 Å². The second-order valence-electron chi connectivity index (χ2n) is 5.06. The molecule has 0 rings (SSSR count). The number of hydrogen-bond donors (Lipinski definition) is 0. The van der Waals surface area contributed by atoms with E-state index in [2.05, 4.69) is 38.7 Å². The lowest BCUT2D eigenvalue weighted by molar-refractivity contribution is 0.352. The van der Waals surface area contributed by atoms with Gasteiger partial charge >= 0.3 is 0 Å². The zero-order chi connectivity index (χ0) is 13.4. The third-order valence-corrected chi connectivity index (χ3v) is 5.00. The summed E-state index contributed by atoms with van der Waals surface area (Å²) in [6.07, 6.45) is 2.97. The third kappa shape index (κ3) is 9.02. The number of halogens is 1. The predicted molar refractivity (Wildman–Crippen MR) is 80.3 cm³/mol. The second kappa shape index (κ2) is 9.33. The highest BCUT2D eigenvalue weighted by Crippen LogP contribution is 2.46. The van der Waals surface area contributed by atoms with Crippen molar-refractivity contribution in [3.8, 4) is 0 Å². The first-order chi connectivity index (χ1) is 7.84. The molecule has 0 aromatic heterocycles. The van der Waals surface area contributed by atoms with Gasteiger partial charge in [0, 0.05) is 19.7 Å². The van der Waals surface area contributed by atoms with Gasteiger partial charge in [-0.1, -0.05) is 45.4 Å². The van der Waals surface area contributed by atoms with Crippen LogP contribution in [-0.2, 0) is 4.52 Å². The maximum absolute atomic E-state index is 6.09. The molecule has 0 aromatic carbocycles. The minimum absolute atomic E-state index is 0.309. The van der Waals surface area contributed by atoms with E-state index in [0.717, 1.165) is 24.6 Å². The molecule has 0 fully saturated rings. The van der Waals surface area contributed by atoms with Crippen molar-refractivity contribution in [3.05, 3.63) is 11.1 Å². The van der Waals surface area contributed by atoms with Gasteiger partial charge in [0.1, 0.15) is 0 Å². The molecule has 0 atom stereocenters. The van der Waals surface area contributed by atoms with Crippen molar-refractivity contribution in [2.75, 3.05) is 27.2 Å². The van der Waals surface area contributed by atoms with Gasteiger partial charge < -0.3 is 9.42 Å². The van der Waals surface area contributed by atoms with Crippen LogP contribution in [0, 0.1) is 0 Å². The van der Waals surface area contributed by atoms with E-state index in [9.17, 15) is 0 Å². The molecule has 4 heteroatoms. The molecule has 0 spiro atoms. The van der Waals surface area contributed by atoms with E-state index in [4.69, 9.17) is 16.1 Å². The van der Waals surface area contributed by atoms with Gasteiger partial charge in [0.15, 0.2) is 0 Å². The summed E-state index contributed by atoms with van der Waals surface area (Å²) in [6, 6.07) is 0. The molecule has 0 N–H and O–H groups in total. The molecule has 0 saturated carbocycles. The summed E-state index contributed by atoms with van der Waals surface area (Å²) in [7, 11) is 3.73. The molecule has 0 saturated heterocycles. The zero-order valence-electron chi connectivity index (χ0n) is 12.0. The molecule has 17 heavy (non-hydrogen) atoms. The molecule has 0 heterocycles. The Bertz CT molecular complexity index is 221. The Balaban J connectivity index is 3.89. The van der Waals surface area contributed by atoms with Crippen LogP contribution in [0.25, 0.3) is 0 Å². The number of likely N-dealkylation sites (N-methyl/N-ethyl adjacent to an activating group) is 1. The fourth-order valence-electron chi connectivity index (χ4n) is 1.63. The molecule has 0 unspecified atom stereocenters. The first kappa shape index (κ1) is 17.4. The van der Waals surface area contributed by atoms with E-state index in [1.54, 1.807) is 0 Å². The van der Waals surface area contributed by atoms with Gasteiger partial charge in [-0.15, -0.1) is 0 Å². The van der Waals surface area contributed by atoms with E-state index in [1.165, 1.54) is 0 Å². The van der Waals surface area contributed by atoms with Crippen LogP contribution in [0.3, 0.4) is 0 Å². The maximum Gasteiger partial charge on any atom is 0.0544 e. The van der Waals surface area contributed by atoms with Crippen LogP contribution in [0.5, 0.6) is 0 Å². The second-order valence-corrected chi connectivity index (χ2v) is 8.59. The molecule has 0 aliphatic heterocycles. The number of nitrogens with zero attached hydrogens (tertiary/aromatic N) is 1. The molecule has 0 bridgehead atoms. The van der Waals surface area contributed by atoms with Gasteiger partial charge in [-0.05, 0) is 31.8 Å². The highest BCUT2D eigenvalue weighted by atomic mass is 35.5. The molecule has 2 nitrogen and oxygen atoms in total. The van der Waals surface area contributed by atoms with E-state index < -0.39 is 0 Å². The smallest absolute Gasteiger partial charge is 0.0544 e. The molecular formula is C13H27ClNOP. The SMILES string of the molecule is CC(C)P(OCC/C=C(\Cl)CN(C)C)C(C)C. The molecule has 0 radical (unpaired) electrons. The van der Waals surface area contributed by atoms with Crippen molar-refractivity contribution < 1.29 is 4.52 Å². The summed E-state index contributed by atoms with van der Waals surface area (Å²) in [5.41, 5.74) is 1.26. The highest BCUT2D eigenvalue weighted by molar-refractivity contribution is 7.54. The van der Waals surface area contributed by atoms with Gasteiger partial charge in [0.25, 0.3) is 0 Å². The lowest BCUT2D eigenvalue weighted by Crippen LogP contribution is -2.13. The monoisotopic (exact) mass is 279 g/mol. The first-order valence-electron chi connectivity index (χ1n) is 6.25. The van der Waals surface area contributed by atoms with Crippen molar-refractivity contribution in [2.24, 2.45) is 0 Å². The Kier molecular flexibility index (Phi) is 9.54. The summed E-state index contributed by atoms with van der Waals surface area (Å²) >= 11 is 6.09. The number of hydrogen-bond acceptors (Lipinski definition) is 2. The minimum atomic E-state index is -0.309. The lowest BCUT2D eigenvalue weighted by Gasteiger charge is -2.24. The van der Waals surface area contributed by atoms with Crippen LogP contribution in [0.15, 0.2) is 11.1 Å². The zero-order valence-corrected chi connectivity index (χ0v) is 13.7. The van der Waals surface area contributed by atoms with Crippen LogP contribution in [0.2, 0.25) is 0 Å². The van der Waals surface area contributed by atoms with Crippen LogP contribution < -0.4 is 0 Å². The largest absolute Gasteiger partial charge is 0.358 e. The Morgan fingerprint density at radius 1 is 1.24 bits per heavy atom. The fourth-order valence-corrected chi connectivity index (χ4v) is 4.09. The van der Waals surface area contributed by atoms with E-state index in [0.29, 0.717) is 11.3 Å². The Morgan fingerprint density at radius 2 is 1.76 bits per heavy atom. The van der Waals surface area contributed by atoms with Crippen molar-refractivity contribution in [3.63, 3.8) is 0 Å². The highest BCUT2D eigenvalue weighted by Gasteiger charge is 2.17. The van der Waals surface area contributed by atoms with Crippen LogP contribution in [-0.4, -0.2) is 43.5 Å². The molecule has 0 aliphatic carbocycles. The predicted octanol–water partition coefficient (Wildman–Crippen LogP) is 4.29. The topological polar surface area (TPSA) is 12.5 Å². The average Bonchev–Trinajstić information content (AvgIpc) is 2.14. The van der Waals surface area contributed by atoms with Crippen LogP contribution in [0.4, 0.5) is 0 Å². The third-order valence-electron chi connectivity index (χ3n) is 2.21. The molecule has 0 aromatic rings. The molecule has 0 aliphatic rings. The van der Waals surface area contributed by atoms with E-state index in [1.807, 2.05) is 14.1 Å². The Morgan fingerprint density at radius 3 is 2.18 bits per heavy atom. The summed E-state index contributed by atoms with van der Waals surface area (Å²) < 4.78 is 5.97. The normalized spacial score (nSPS) is 13.5. The van der Waals surface area contributed by atoms with Crippen LogP contribution in [0.1, 0.15) is 34.1 Å². The maximum atomic E-state index is 6.09. The summed E-state index contributed by atoms with van der Waals surface area (Å²) in [5, 5.41) is 0.900. The van der Waals surface area contributed by atoms with Crippen molar-refractivity contribution >= 4 is 19.7 Å². The fraction of sp³-hybridized carbons (Fsp3) is 0.846. The number of rotatable bonds is 8. The quantitative estimate of drug-likeness (QED) is 0.485. The minimum Gasteiger partial charge on any atom is -0.358 e. The standard InChI is InChI=1S/C13H27ClNOP/c1-11(2)17(12(3)4)16-9-7-8-13(14)10-15(5)6/h8,11-12H,7,9-10H2,1-6H3/b13-8-. The van der Waals surface area contributed by atoms with Gasteiger partial charge in [-0.25, -0.2) is 0 Å². The molecule has 0 amide bonds. The molecular weight excluding hydrogens is 253 g/mol. The average molecular weight is 280 g/mol. The molecule has 102 valence electrons. The van der Waals surface area contributed by atoms with Crippen molar-refractivity contribution in [1.29, 1.82) is 0 Å².